The Kier molecular flexibility index (Phi) is 4.89. The molecule has 2 aromatic heterocycles. The van der Waals surface area contributed by atoms with Gasteiger partial charge in [-0.05, 0) is 25.0 Å². The average molecular weight is 385 g/mol. The number of pyridine rings is 1. The highest BCUT2D eigenvalue weighted by Crippen LogP contribution is 2.24. The van der Waals surface area contributed by atoms with Crippen molar-refractivity contribution in [2.45, 2.75) is 25.9 Å². The number of aromatic nitrogens is 3. The maximum Gasteiger partial charge on any atom is 0.274 e. The van der Waals surface area contributed by atoms with Crippen molar-refractivity contribution >= 4 is 11.8 Å². The number of rotatable bonds is 4. The maximum absolute atomic E-state index is 13.0. The van der Waals surface area contributed by atoms with Crippen LogP contribution in [0.5, 0.6) is 11.8 Å². The van der Waals surface area contributed by atoms with Gasteiger partial charge in [-0.2, -0.15) is 10.1 Å². The molecule has 1 saturated heterocycles. The van der Waals surface area contributed by atoms with E-state index in [2.05, 4.69) is 10.1 Å². The Hall–Kier alpha value is -3.10. The number of hydrogen-bond donors (Lipinski definition) is 0. The van der Waals surface area contributed by atoms with E-state index in [1.165, 1.54) is 14.2 Å². The Labute approximate surface area is 162 Å². The summed E-state index contributed by atoms with van der Waals surface area (Å²) < 4.78 is 12.2. The van der Waals surface area contributed by atoms with E-state index in [-0.39, 0.29) is 17.7 Å². The lowest BCUT2D eigenvalue weighted by atomic mass is 10.2. The predicted molar refractivity (Wildman–Crippen MR) is 99.4 cm³/mol. The van der Waals surface area contributed by atoms with Gasteiger partial charge in [0.05, 0.1) is 33.0 Å². The summed E-state index contributed by atoms with van der Waals surface area (Å²) in [7, 11) is 2.98. The molecule has 0 unspecified atom stereocenters. The van der Waals surface area contributed by atoms with Crippen molar-refractivity contribution in [3.63, 3.8) is 0 Å². The van der Waals surface area contributed by atoms with E-state index in [1.54, 1.807) is 23.1 Å². The van der Waals surface area contributed by atoms with E-state index in [0.29, 0.717) is 36.8 Å². The number of amides is 2. The van der Waals surface area contributed by atoms with Crippen LogP contribution in [-0.2, 0) is 13.1 Å². The zero-order valence-electron chi connectivity index (χ0n) is 16.1. The van der Waals surface area contributed by atoms with Crippen LogP contribution in [0.2, 0.25) is 0 Å². The molecule has 0 bridgehead atoms. The first-order valence-electron chi connectivity index (χ1n) is 9.35. The summed E-state index contributed by atoms with van der Waals surface area (Å²) in [6.45, 7) is 3.00. The molecule has 2 aliphatic rings. The highest BCUT2D eigenvalue weighted by atomic mass is 16.5. The van der Waals surface area contributed by atoms with E-state index in [0.717, 1.165) is 31.6 Å². The Morgan fingerprint density at radius 1 is 0.964 bits per heavy atom. The second-order valence-electron chi connectivity index (χ2n) is 6.88. The minimum atomic E-state index is -0.174. The maximum atomic E-state index is 13.0. The Balaban J connectivity index is 1.52. The van der Waals surface area contributed by atoms with Gasteiger partial charge in [0, 0.05) is 25.7 Å². The summed E-state index contributed by atoms with van der Waals surface area (Å²) in [5.41, 5.74) is 1.68. The van der Waals surface area contributed by atoms with E-state index in [4.69, 9.17) is 9.47 Å². The van der Waals surface area contributed by atoms with Crippen LogP contribution < -0.4 is 9.47 Å². The molecule has 28 heavy (non-hydrogen) atoms. The minimum absolute atomic E-state index is 0.0294. The fourth-order valence-corrected chi connectivity index (χ4v) is 3.65. The molecule has 1 fully saturated rings. The van der Waals surface area contributed by atoms with Crippen LogP contribution in [0.25, 0.3) is 0 Å². The van der Waals surface area contributed by atoms with Gasteiger partial charge in [0.15, 0.2) is 5.69 Å². The SMILES string of the molecule is COc1ccc(C(=O)N2CCn3nc(C(=O)N4CCCC4)cc3C2)c(OC)n1. The molecule has 9 nitrogen and oxygen atoms in total. The number of nitrogens with zero attached hydrogens (tertiary/aromatic N) is 5. The number of carbonyl (C=O) groups excluding carboxylic acids is 2. The third-order valence-corrected chi connectivity index (χ3v) is 5.17. The zero-order chi connectivity index (χ0) is 19.7. The van der Waals surface area contributed by atoms with Crippen LogP contribution in [0.15, 0.2) is 18.2 Å². The Morgan fingerprint density at radius 2 is 1.75 bits per heavy atom. The topological polar surface area (TPSA) is 89.8 Å². The molecule has 2 amide bonds. The zero-order valence-corrected chi connectivity index (χ0v) is 16.1. The third-order valence-electron chi connectivity index (χ3n) is 5.17. The van der Waals surface area contributed by atoms with Crippen LogP contribution >= 0.6 is 0 Å². The Bertz CT molecular complexity index is 904. The minimum Gasteiger partial charge on any atom is -0.481 e. The van der Waals surface area contributed by atoms with Crippen LogP contribution in [0, 0.1) is 0 Å². The average Bonchev–Trinajstić information content (AvgIpc) is 3.41. The van der Waals surface area contributed by atoms with Crippen LogP contribution in [0.3, 0.4) is 0 Å². The number of likely N-dealkylation sites (tertiary alicyclic amines) is 1. The molecule has 0 N–H and O–H groups in total. The van der Waals surface area contributed by atoms with Gasteiger partial charge in [0.2, 0.25) is 11.8 Å². The summed E-state index contributed by atoms with van der Waals surface area (Å²) >= 11 is 0. The molecule has 4 rings (SSSR count). The molecule has 0 aromatic carbocycles. The lowest BCUT2D eigenvalue weighted by molar-refractivity contribution is 0.0699. The second kappa shape index (κ2) is 7.49. The van der Waals surface area contributed by atoms with Crippen molar-refractivity contribution in [3.8, 4) is 11.8 Å². The van der Waals surface area contributed by atoms with Crippen molar-refractivity contribution in [1.29, 1.82) is 0 Å². The van der Waals surface area contributed by atoms with E-state index in [1.807, 2.05) is 9.58 Å². The summed E-state index contributed by atoms with van der Waals surface area (Å²) in [6.07, 6.45) is 2.08. The monoisotopic (exact) mass is 385 g/mol. The number of hydrogen-bond acceptors (Lipinski definition) is 6. The summed E-state index contributed by atoms with van der Waals surface area (Å²) in [5.74, 6) is 0.411. The number of methoxy groups -OCH3 is 2. The summed E-state index contributed by atoms with van der Waals surface area (Å²) in [4.78, 5) is 33.3. The van der Waals surface area contributed by atoms with Crippen LogP contribution in [0.1, 0.15) is 39.4 Å². The fourth-order valence-electron chi connectivity index (χ4n) is 3.65. The quantitative estimate of drug-likeness (QED) is 0.785. The molecule has 2 aromatic rings. The largest absolute Gasteiger partial charge is 0.481 e. The van der Waals surface area contributed by atoms with Gasteiger partial charge in [0.1, 0.15) is 5.56 Å². The number of carbonyl (C=O) groups is 2. The van der Waals surface area contributed by atoms with Crippen molar-refractivity contribution in [3.05, 3.63) is 35.2 Å². The van der Waals surface area contributed by atoms with Crippen molar-refractivity contribution < 1.29 is 19.1 Å². The van der Waals surface area contributed by atoms with Gasteiger partial charge >= 0.3 is 0 Å². The fraction of sp³-hybridized carbons (Fsp3) is 0.474. The van der Waals surface area contributed by atoms with Crippen molar-refractivity contribution in [2.24, 2.45) is 0 Å². The third kappa shape index (κ3) is 3.28. The van der Waals surface area contributed by atoms with Crippen molar-refractivity contribution in [1.82, 2.24) is 24.6 Å². The molecule has 0 saturated carbocycles. The highest BCUT2D eigenvalue weighted by molar-refractivity contribution is 5.96. The molecule has 0 spiro atoms. The van der Waals surface area contributed by atoms with Gasteiger partial charge in [0.25, 0.3) is 11.8 Å². The Morgan fingerprint density at radius 3 is 2.46 bits per heavy atom. The predicted octanol–water partition coefficient (Wildman–Crippen LogP) is 1.19. The molecule has 0 aliphatic carbocycles. The molecule has 9 heteroatoms. The van der Waals surface area contributed by atoms with Crippen LogP contribution in [0.4, 0.5) is 0 Å². The summed E-state index contributed by atoms with van der Waals surface area (Å²) in [5, 5.41) is 4.45. The normalized spacial score (nSPS) is 16.1. The molecule has 4 heterocycles. The van der Waals surface area contributed by atoms with E-state index >= 15 is 0 Å². The molecule has 2 aliphatic heterocycles. The van der Waals surface area contributed by atoms with Gasteiger partial charge in [-0.25, -0.2) is 0 Å². The highest BCUT2D eigenvalue weighted by Gasteiger charge is 2.28. The smallest absolute Gasteiger partial charge is 0.274 e. The van der Waals surface area contributed by atoms with E-state index in [9.17, 15) is 9.59 Å². The first-order chi connectivity index (χ1) is 13.6. The van der Waals surface area contributed by atoms with Crippen molar-refractivity contribution in [2.75, 3.05) is 33.9 Å². The summed E-state index contributed by atoms with van der Waals surface area (Å²) in [6, 6.07) is 5.08. The first kappa shape index (κ1) is 18.3. The molecular formula is C19H23N5O4. The lowest BCUT2D eigenvalue weighted by Crippen LogP contribution is -2.38. The number of fused-ring (bicyclic) bond motifs is 1. The lowest BCUT2D eigenvalue weighted by Gasteiger charge is -2.28. The van der Waals surface area contributed by atoms with Gasteiger partial charge in [-0.3, -0.25) is 14.3 Å². The molecule has 0 atom stereocenters. The van der Waals surface area contributed by atoms with Crippen LogP contribution in [-0.4, -0.2) is 70.2 Å². The van der Waals surface area contributed by atoms with E-state index < -0.39 is 0 Å². The molecule has 148 valence electrons. The van der Waals surface area contributed by atoms with Gasteiger partial charge in [-0.15, -0.1) is 0 Å². The molecular weight excluding hydrogens is 362 g/mol. The first-order valence-corrected chi connectivity index (χ1v) is 9.35. The van der Waals surface area contributed by atoms with Gasteiger partial charge < -0.3 is 19.3 Å². The molecule has 0 radical (unpaired) electrons. The van der Waals surface area contributed by atoms with Gasteiger partial charge in [-0.1, -0.05) is 0 Å². The standard InChI is InChI=1S/C19H23N5O4/c1-27-16-6-5-14(17(20-16)28-2)18(25)23-9-10-24-13(12-23)11-15(21-24)19(26)22-7-3-4-8-22/h5-6,11H,3-4,7-10,12H2,1-2H3. The number of ether oxygens (including phenoxy) is 2. The second-order valence-corrected chi connectivity index (χ2v) is 6.88.